The lowest BCUT2D eigenvalue weighted by atomic mass is 9.76. The van der Waals surface area contributed by atoms with Gasteiger partial charge in [0.2, 0.25) is 5.91 Å². The monoisotopic (exact) mass is 530 g/mol. The predicted molar refractivity (Wildman–Crippen MR) is 131 cm³/mol. The molecule has 1 aliphatic rings. The molecule has 1 amide bonds. The molecule has 0 fully saturated rings. The third-order valence-corrected chi connectivity index (χ3v) is 6.06. The Balaban J connectivity index is 1.89. The summed E-state index contributed by atoms with van der Waals surface area (Å²) in [5, 5.41) is 18.7. The zero-order valence-electron chi connectivity index (χ0n) is 18.2. The minimum Gasteiger partial charge on any atom is -0.465 e. The summed E-state index contributed by atoms with van der Waals surface area (Å²) < 4.78 is 6.35. The summed E-state index contributed by atoms with van der Waals surface area (Å²) >= 11 is 9.42. The second-order valence-electron chi connectivity index (χ2n) is 7.65. The maximum absolute atomic E-state index is 13.2. The fraction of sp³-hybridized carbons (Fsp3) is 0.333. The standard InChI is InChI=1S/C24H24BrClN4O3/c1-2-33-23(32)24(13-3-4-14-27)16-30(29-22(24)17-5-9-19(26)10-6-17)15-21(31)28-20-11-7-18(25)8-12-20/h5-12H,2-4,13,15-16H2,1H3,(H,28,31). The van der Waals surface area contributed by atoms with E-state index in [2.05, 4.69) is 32.4 Å². The zero-order chi connectivity index (χ0) is 23.8. The van der Waals surface area contributed by atoms with Crippen LogP contribution in [0.1, 0.15) is 31.7 Å². The molecule has 2 aromatic carbocycles. The molecule has 0 aromatic heterocycles. The first-order chi connectivity index (χ1) is 15.9. The van der Waals surface area contributed by atoms with E-state index in [9.17, 15) is 9.59 Å². The smallest absolute Gasteiger partial charge is 0.320 e. The van der Waals surface area contributed by atoms with Crippen molar-refractivity contribution in [1.29, 1.82) is 5.26 Å². The number of nitrogens with zero attached hydrogens (tertiary/aromatic N) is 3. The van der Waals surface area contributed by atoms with E-state index < -0.39 is 11.4 Å². The lowest BCUT2D eigenvalue weighted by molar-refractivity contribution is -0.152. The highest BCUT2D eigenvalue weighted by molar-refractivity contribution is 9.10. The zero-order valence-corrected chi connectivity index (χ0v) is 20.5. The number of anilines is 1. The third-order valence-electron chi connectivity index (χ3n) is 5.28. The Kier molecular flexibility index (Phi) is 8.48. The van der Waals surface area contributed by atoms with Crippen LogP contribution in [0.4, 0.5) is 5.69 Å². The molecule has 0 saturated heterocycles. The number of carbonyl (C=O) groups is 2. The highest BCUT2D eigenvalue weighted by atomic mass is 79.9. The fourth-order valence-electron chi connectivity index (χ4n) is 3.79. The Labute approximate surface area is 206 Å². The first kappa shape index (κ1) is 24.7. The molecule has 33 heavy (non-hydrogen) atoms. The molecule has 1 atom stereocenters. The summed E-state index contributed by atoms with van der Waals surface area (Å²) in [5.41, 5.74) is 0.820. The number of carbonyl (C=O) groups excluding carboxylic acids is 2. The number of nitriles is 1. The number of ether oxygens (including phenoxy) is 1. The van der Waals surface area contributed by atoms with Crippen molar-refractivity contribution >= 4 is 50.8 Å². The molecule has 1 unspecified atom stereocenters. The van der Waals surface area contributed by atoms with Crippen LogP contribution in [0.2, 0.25) is 5.02 Å². The van der Waals surface area contributed by atoms with Crippen LogP contribution in [0.15, 0.2) is 58.1 Å². The number of hydrogen-bond donors (Lipinski definition) is 1. The van der Waals surface area contributed by atoms with Gasteiger partial charge in [0, 0.05) is 21.6 Å². The maximum atomic E-state index is 13.2. The van der Waals surface area contributed by atoms with Gasteiger partial charge in [-0.15, -0.1) is 0 Å². The topological polar surface area (TPSA) is 94.8 Å². The highest BCUT2D eigenvalue weighted by Crippen LogP contribution is 2.38. The van der Waals surface area contributed by atoms with Crippen molar-refractivity contribution in [3.63, 3.8) is 0 Å². The summed E-state index contributed by atoms with van der Waals surface area (Å²) in [4.78, 5) is 25.9. The Morgan fingerprint density at radius 2 is 1.94 bits per heavy atom. The molecule has 0 radical (unpaired) electrons. The summed E-state index contributed by atoms with van der Waals surface area (Å²) in [7, 11) is 0. The largest absolute Gasteiger partial charge is 0.465 e. The van der Waals surface area contributed by atoms with Crippen LogP contribution in [0.3, 0.4) is 0 Å². The van der Waals surface area contributed by atoms with Crippen LogP contribution in [-0.4, -0.2) is 42.3 Å². The van der Waals surface area contributed by atoms with Crippen molar-refractivity contribution in [1.82, 2.24) is 5.01 Å². The molecule has 3 rings (SSSR count). The summed E-state index contributed by atoms with van der Waals surface area (Å²) in [6.45, 7) is 2.12. The van der Waals surface area contributed by atoms with Crippen molar-refractivity contribution in [3.8, 4) is 6.07 Å². The average molecular weight is 532 g/mol. The third kappa shape index (κ3) is 6.12. The number of rotatable bonds is 9. The number of esters is 1. The number of halogens is 2. The second kappa shape index (κ2) is 11.3. The Bertz CT molecular complexity index is 1070. The van der Waals surface area contributed by atoms with Gasteiger partial charge in [-0.3, -0.25) is 14.6 Å². The van der Waals surface area contributed by atoms with E-state index in [-0.39, 0.29) is 25.6 Å². The molecule has 2 aromatic rings. The van der Waals surface area contributed by atoms with E-state index >= 15 is 0 Å². The SMILES string of the molecule is CCOC(=O)C1(CCCC#N)CN(CC(=O)Nc2ccc(Br)cc2)N=C1c1ccc(Cl)cc1. The minimum atomic E-state index is -1.08. The predicted octanol–water partition coefficient (Wildman–Crippen LogP) is 5.00. The Morgan fingerprint density at radius 3 is 2.58 bits per heavy atom. The first-order valence-electron chi connectivity index (χ1n) is 10.6. The molecule has 7 nitrogen and oxygen atoms in total. The van der Waals surface area contributed by atoms with E-state index in [0.717, 1.165) is 10.0 Å². The Morgan fingerprint density at radius 1 is 1.24 bits per heavy atom. The van der Waals surface area contributed by atoms with Gasteiger partial charge in [-0.1, -0.05) is 39.7 Å². The molecule has 1 aliphatic heterocycles. The number of hydrogen-bond acceptors (Lipinski definition) is 6. The van der Waals surface area contributed by atoms with Crippen molar-refractivity contribution in [3.05, 3.63) is 63.6 Å². The van der Waals surface area contributed by atoms with Gasteiger partial charge in [-0.25, -0.2) is 0 Å². The average Bonchev–Trinajstić information content (AvgIpc) is 3.15. The fourth-order valence-corrected chi connectivity index (χ4v) is 4.18. The van der Waals surface area contributed by atoms with E-state index in [1.807, 2.05) is 12.1 Å². The minimum absolute atomic E-state index is 0.0352. The van der Waals surface area contributed by atoms with Crippen molar-refractivity contribution in [2.24, 2.45) is 10.5 Å². The van der Waals surface area contributed by atoms with Gasteiger partial charge >= 0.3 is 5.97 Å². The number of benzene rings is 2. The molecule has 0 bridgehead atoms. The highest BCUT2D eigenvalue weighted by Gasteiger charge is 2.50. The lowest BCUT2D eigenvalue weighted by Crippen LogP contribution is -2.44. The molecule has 0 spiro atoms. The summed E-state index contributed by atoms with van der Waals surface area (Å²) in [6.07, 6.45) is 1.19. The molecule has 172 valence electrons. The first-order valence-corrected chi connectivity index (χ1v) is 11.7. The number of unbranched alkanes of at least 4 members (excludes halogenated alkanes) is 1. The summed E-state index contributed by atoms with van der Waals surface area (Å²) in [6, 6.07) is 16.4. The van der Waals surface area contributed by atoms with Crippen LogP contribution in [0.5, 0.6) is 0 Å². The van der Waals surface area contributed by atoms with Gasteiger partial charge in [-0.05, 0) is 61.7 Å². The molecule has 1 heterocycles. The molecule has 0 saturated carbocycles. The van der Waals surface area contributed by atoms with Crippen molar-refractivity contribution < 1.29 is 14.3 Å². The summed E-state index contributed by atoms with van der Waals surface area (Å²) in [5.74, 6) is -0.666. The number of amides is 1. The van der Waals surface area contributed by atoms with Gasteiger partial charge in [0.25, 0.3) is 0 Å². The van der Waals surface area contributed by atoms with E-state index in [1.54, 1.807) is 48.3 Å². The van der Waals surface area contributed by atoms with Crippen LogP contribution in [0, 0.1) is 16.7 Å². The molecule has 0 aliphatic carbocycles. The van der Waals surface area contributed by atoms with Gasteiger partial charge in [0.15, 0.2) is 0 Å². The second-order valence-corrected chi connectivity index (χ2v) is 9.00. The van der Waals surface area contributed by atoms with Gasteiger partial charge in [0.05, 0.1) is 24.9 Å². The molecular formula is C24H24BrClN4O3. The maximum Gasteiger partial charge on any atom is 0.320 e. The van der Waals surface area contributed by atoms with Crippen molar-refractivity contribution in [2.45, 2.75) is 26.2 Å². The van der Waals surface area contributed by atoms with Crippen LogP contribution >= 0.6 is 27.5 Å². The van der Waals surface area contributed by atoms with Gasteiger partial charge in [-0.2, -0.15) is 10.4 Å². The van der Waals surface area contributed by atoms with Gasteiger partial charge in [0.1, 0.15) is 12.0 Å². The van der Waals surface area contributed by atoms with E-state index in [1.165, 1.54) is 0 Å². The van der Waals surface area contributed by atoms with Crippen LogP contribution < -0.4 is 5.32 Å². The number of nitrogens with one attached hydrogen (secondary N) is 1. The molecule has 1 N–H and O–H groups in total. The quantitative estimate of drug-likeness (QED) is 0.363. The lowest BCUT2D eigenvalue weighted by Gasteiger charge is -2.28. The van der Waals surface area contributed by atoms with Crippen molar-refractivity contribution in [2.75, 3.05) is 25.0 Å². The Hall–Kier alpha value is -2.89. The number of hydrazone groups is 1. The van der Waals surface area contributed by atoms with Gasteiger partial charge < -0.3 is 10.1 Å². The molecular weight excluding hydrogens is 508 g/mol. The van der Waals surface area contributed by atoms with E-state index in [4.69, 9.17) is 21.6 Å². The molecule has 9 heteroatoms. The van der Waals surface area contributed by atoms with E-state index in [0.29, 0.717) is 35.7 Å². The normalized spacial score (nSPS) is 17.3. The van der Waals surface area contributed by atoms with Crippen LogP contribution in [-0.2, 0) is 14.3 Å². The van der Waals surface area contributed by atoms with Crippen LogP contribution in [0.25, 0.3) is 0 Å².